The van der Waals surface area contributed by atoms with Crippen LogP contribution in [0.4, 0.5) is 0 Å². The van der Waals surface area contributed by atoms with Gasteiger partial charge in [0.1, 0.15) is 22.8 Å². The highest BCUT2D eigenvalue weighted by Crippen LogP contribution is 2.32. The van der Waals surface area contributed by atoms with E-state index in [1.807, 2.05) is 48.5 Å². The van der Waals surface area contributed by atoms with E-state index >= 15 is 0 Å². The molecule has 4 nitrogen and oxygen atoms in total. The molecular formula is C44H46O4. The molecule has 48 heavy (non-hydrogen) atoms. The summed E-state index contributed by atoms with van der Waals surface area (Å²) in [5.41, 5.74) is 5.65. The number of carbonyl (C=O) groups is 2. The third-order valence-corrected chi connectivity index (χ3v) is 10.1. The molecule has 5 aromatic carbocycles. The lowest BCUT2D eigenvalue weighted by Crippen LogP contribution is -2.30. The third-order valence-electron chi connectivity index (χ3n) is 10.1. The predicted octanol–water partition coefficient (Wildman–Crippen LogP) is 11.6. The van der Waals surface area contributed by atoms with E-state index in [1.165, 1.54) is 5.56 Å². The highest BCUT2D eigenvalue weighted by atomic mass is 16.5. The second-order valence-corrected chi connectivity index (χ2v) is 13.0. The molecule has 0 spiro atoms. The number of ketones is 2. The van der Waals surface area contributed by atoms with Gasteiger partial charge in [-0.05, 0) is 103 Å². The van der Waals surface area contributed by atoms with Crippen LogP contribution in [-0.2, 0) is 5.41 Å². The van der Waals surface area contributed by atoms with E-state index in [4.69, 9.17) is 9.47 Å². The largest absolute Gasteiger partial charge is 0.488 e. The van der Waals surface area contributed by atoms with E-state index in [9.17, 15) is 9.59 Å². The molecule has 246 valence electrons. The average Bonchev–Trinajstić information content (AvgIpc) is 3.15. The first-order valence-electron chi connectivity index (χ1n) is 17.1. The van der Waals surface area contributed by atoms with Crippen LogP contribution in [0.25, 0.3) is 11.1 Å². The van der Waals surface area contributed by atoms with E-state index in [1.54, 1.807) is 48.5 Å². The summed E-state index contributed by atoms with van der Waals surface area (Å²) in [6.07, 6.45) is 4.00. The molecule has 5 rings (SSSR count). The van der Waals surface area contributed by atoms with Crippen molar-refractivity contribution < 1.29 is 19.1 Å². The van der Waals surface area contributed by atoms with Gasteiger partial charge in [0.05, 0.1) is 0 Å². The van der Waals surface area contributed by atoms with Crippen molar-refractivity contribution in [1.29, 1.82) is 0 Å². The smallest absolute Gasteiger partial charge is 0.193 e. The molecule has 0 N–H and O–H groups in total. The average molecular weight is 639 g/mol. The van der Waals surface area contributed by atoms with Gasteiger partial charge in [-0.3, -0.25) is 9.59 Å². The summed E-state index contributed by atoms with van der Waals surface area (Å²) in [6.45, 7) is 13.1. The second-order valence-electron chi connectivity index (χ2n) is 13.0. The zero-order valence-corrected chi connectivity index (χ0v) is 29.0. The van der Waals surface area contributed by atoms with Crippen molar-refractivity contribution in [3.63, 3.8) is 0 Å². The number of ether oxygens (including phenoxy) is 2. The summed E-state index contributed by atoms with van der Waals surface area (Å²) in [7, 11) is 0. The van der Waals surface area contributed by atoms with Crippen LogP contribution in [0.15, 0.2) is 121 Å². The number of hydrogen-bond donors (Lipinski definition) is 0. The lowest BCUT2D eigenvalue weighted by molar-refractivity contribution is 0.0803. The molecular weight excluding hydrogens is 592 g/mol. The minimum Gasteiger partial charge on any atom is -0.488 e. The second kappa shape index (κ2) is 14.9. The van der Waals surface area contributed by atoms with Crippen molar-refractivity contribution in [3.05, 3.63) is 149 Å². The summed E-state index contributed by atoms with van der Waals surface area (Å²) < 4.78 is 12.3. The molecule has 0 fully saturated rings. The van der Waals surface area contributed by atoms with E-state index < -0.39 is 0 Å². The van der Waals surface area contributed by atoms with Gasteiger partial charge in [0.2, 0.25) is 0 Å². The monoisotopic (exact) mass is 638 g/mol. The molecule has 0 amide bonds. The van der Waals surface area contributed by atoms with Crippen molar-refractivity contribution in [2.75, 3.05) is 0 Å². The molecule has 0 unspecified atom stereocenters. The molecule has 0 aliphatic heterocycles. The topological polar surface area (TPSA) is 52.6 Å². The molecule has 0 radical (unpaired) electrons. The summed E-state index contributed by atoms with van der Waals surface area (Å²) in [4.78, 5) is 26.4. The molecule has 0 bridgehead atoms. The van der Waals surface area contributed by atoms with Crippen LogP contribution in [0.3, 0.4) is 0 Å². The molecule has 0 saturated carbocycles. The van der Waals surface area contributed by atoms with E-state index in [0.29, 0.717) is 33.8 Å². The van der Waals surface area contributed by atoms with Gasteiger partial charge >= 0.3 is 0 Å². The lowest BCUT2D eigenvalue weighted by Gasteiger charge is -2.28. The Bertz CT molecular complexity index is 1810. The van der Waals surface area contributed by atoms with Crippen molar-refractivity contribution >= 4 is 11.6 Å². The number of hydrogen-bond acceptors (Lipinski definition) is 4. The van der Waals surface area contributed by atoms with Crippen LogP contribution < -0.4 is 9.47 Å². The molecule has 0 saturated heterocycles. The lowest BCUT2D eigenvalue weighted by atomic mass is 9.77. The van der Waals surface area contributed by atoms with Gasteiger partial charge in [0, 0.05) is 22.3 Å². The van der Waals surface area contributed by atoms with Crippen LogP contribution in [0, 0.1) is 0 Å². The summed E-state index contributed by atoms with van der Waals surface area (Å²) in [5.74, 6) is 2.06. The predicted molar refractivity (Wildman–Crippen MR) is 196 cm³/mol. The Hall–Kier alpha value is -4.96. The third kappa shape index (κ3) is 7.77. The Kier molecular flexibility index (Phi) is 10.6. The molecule has 0 aromatic heterocycles. The number of rotatable bonds is 14. The number of carbonyl (C=O) groups excluding carboxylic acids is 2. The van der Waals surface area contributed by atoms with Crippen LogP contribution in [0.5, 0.6) is 17.2 Å². The standard InChI is InChI=1S/C44H46O4/c1-7-43(5,8-2)37-23-15-35(16-24-37)41(45)33-11-13-34(14-12-33)42(46)36-21-27-39(28-22-36)47-38-25-17-31(18-26-38)32-19-29-40(30-20-32)48-44(6,9-3)10-4/h11-30H,7-10H2,1-6H3. The van der Waals surface area contributed by atoms with Crippen molar-refractivity contribution in [2.24, 2.45) is 0 Å². The van der Waals surface area contributed by atoms with Gasteiger partial charge < -0.3 is 9.47 Å². The molecule has 4 heteroatoms. The first kappa shape index (κ1) is 34.4. The quantitative estimate of drug-likeness (QED) is 0.114. The Labute approximate surface area is 285 Å². The van der Waals surface area contributed by atoms with Gasteiger partial charge in [-0.15, -0.1) is 0 Å². The van der Waals surface area contributed by atoms with Crippen LogP contribution in [-0.4, -0.2) is 17.2 Å². The van der Waals surface area contributed by atoms with E-state index in [2.05, 4.69) is 65.8 Å². The minimum atomic E-state index is -0.154. The van der Waals surface area contributed by atoms with Gasteiger partial charge in [-0.25, -0.2) is 0 Å². The van der Waals surface area contributed by atoms with Crippen molar-refractivity contribution in [2.45, 2.75) is 78.2 Å². The fourth-order valence-corrected chi connectivity index (χ4v) is 5.71. The summed E-state index contributed by atoms with van der Waals surface area (Å²) >= 11 is 0. The van der Waals surface area contributed by atoms with Gasteiger partial charge in [0.25, 0.3) is 0 Å². The molecule has 0 aliphatic rings. The zero-order valence-electron chi connectivity index (χ0n) is 29.0. The fourth-order valence-electron chi connectivity index (χ4n) is 5.71. The van der Waals surface area contributed by atoms with Gasteiger partial charge in [0.15, 0.2) is 11.6 Å². The minimum absolute atomic E-state index is 0.0562. The van der Waals surface area contributed by atoms with Gasteiger partial charge in [-0.2, -0.15) is 0 Å². The highest BCUT2D eigenvalue weighted by molar-refractivity contribution is 6.11. The normalized spacial score (nSPS) is 11.6. The molecule has 0 atom stereocenters. The Morgan fingerprint density at radius 2 is 0.792 bits per heavy atom. The maximum Gasteiger partial charge on any atom is 0.193 e. The molecule has 0 heterocycles. The number of benzene rings is 5. The SMILES string of the molecule is CCC(C)(CC)Oc1ccc(-c2ccc(Oc3ccc(C(=O)c4ccc(C(=O)c5ccc(C(C)(CC)CC)cc5)cc4)cc3)cc2)cc1. The summed E-state index contributed by atoms with van der Waals surface area (Å²) in [5, 5.41) is 0. The first-order chi connectivity index (χ1) is 23.1. The van der Waals surface area contributed by atoms with Crippen molar-refractivity contribution in [3.8, 4) is 28.4 Å². The molecule has 5 aromatic rings. The van der Waals surface area contributed by atoms with Crippen LogP contribution in [0.2, 0.25) is 0 Å². The van der Waals surface area contributed by atoms with Crippen molar-refractivity contribution in [1.82, 2.24) is 0 Å². The van der Waals surface area contributed by atoms with Crippen LogP contribution >= 0.6 is 0 Å². The molecule has 0 aliphatic carbocycles. The maximum absolute atomic E-state index is 13.2. The Balaban J connectivity index is 1.18. The van der Waals surface area contributed by atoms with Gasteiger partial charge in [-0.1, -0.05) is 107 Å². The Morgan fingerprint density at radius 3 is 1.17 bits per heavy atom. The maximum atomic E-state index is 13.2. The zero-order chi connectivity index (χ0) is 34.3. The summed E-state index contributed by atoms with van der Waals surface area (Å²) in [6, 6.07) is 38.1. The van der Waals surface area contributed by atoms with E-state index in [0.717, 1.165) is 42.6 Å². The fraction of sp³-hybridized carbons (Fsp3) is 0.273. The Morgan fingerprint density at radius 1 is 0.458 bits per heavy atom. The first-order valence-corrected chi connectivity index (χ1v) is 17.1. The van der Waals surface area contributed by atoms with E-state index in [-0.39, 0.29) is 22.6 Å². The highest BCUT2D eigenvalue weighted by Gasteiger charge is 2.23. The van der Waals surface area contributed by atoms with Crippen LogP contribution in [0.1, 0.15) is 105 Å².